The molecule has 1 aromatic rings. The largest absolute Gasteiger partial charge is 0.352 e. The third kappa shape index (κ3) is 3.71. The smallest absolute Gasteiger partial charge is 0.312 e. The van der Waals surface area contributed by atoms with Crippen molar-refractivity contribution in [1.29, 1.82) is 0 Å². The van der Waals surface area contributed by atoms with Crippen LogP contribution in [0, 0.1) is 0 Å². The molecule has 0 atom stereocenters. The minimum atomic E-state index is -0.461. The molecule has 0 radical (unpaired) electrons. The molecule has 2 amide bonds. The Morgan fingerprint density at radius 1 is 1.39 bits per heavy atom. The van der Waals surface area contributed by atoms with E-state index < -0.39 is 6.03 Å². The fourth-order valence-electron chi connectivity index (χ4n) is 2.28. The van der Waals surface area contributed by atoms with Crippen LogP contribution in [-0.4, -0.2) is 25.2 Å². The van der Waals surface area contributed by atoms with Gasteiger partial charge in [0.05, 0.1) is 0 Å². The Balaban J connectivity index is 1.66. The summed E-state index contributed by atoms with van der Waals surface area (Å²) in [6.07, 6.45) is 2.32. The van der Waals surface area contributed by atoms with Crippen molar-refractivity contribution in [3.63, 3.8) is 0 Å². The lowest BCUT2D eigenvalue weighted by Gasteiger charge is -2.36. The van der Waals surface area contributed by atoms with Crippen LogP contribution >= 0.6 is 15.9 Å². The molecule has 1 fully saturated rings. The molecule has 5 heteroatoms. The molecular weight excluding hydrogens is 294 g/mol. The molecule has 0 saturated heterocycles. The van der Waals surface area contributed by atoms with Crippen LogP contribution in [0.5, 0.6) is 0 Å². The van der Waals surface area contributed by atoms with Gasteiger partial charge in [-0.2, -0.15) is 0 Å². The minimum Gasteiger partial charge on any atom is -0.352 e. The fourth-order valence-corrected chi connectivity index (χ4v) is 2.70. The van der Waals surface area contributed by atoms with E-state index >= 15 is 0 Å². The monoisotopic (exact) mass is 311 g/mol. The molecule has 2 rings (SSSR count). The van der Waals surface area contributed by atoms with Crippen LogP contribution in [0.15, 0.2) is 28.7 Å². The first-order chi connectivity index (χ1) is 8.65. The van der Waals surface area contributed by atoms with Crippen LogP contribution < -0.4 is 16.4 Å². The summed E-state index contributed by atoms with van der Waals surface area (Å²) in [5.74, 6) is 0.657. The van der Waals surface area contributed by atoms with Gasteiger partial charge in [-0.3, -0.25) is 0 Å². The third-order valence-corrected chi connectivity index (χ3v) is 3.81. The number of amides is 2. The van der Waals surface area contributed by atoms with E-state index in [1.54, 1.807) is 0 Å². The van der Waals surface area contributed by atoms with Gasteiger partial charge in [-0.05, 0) is 36.5 Å². The van der Waals surface area contributed by atoms with Gasteiger partial charge >= 0.3 is 6.03 Å². The lowest BCUT2D eigenvalue weighted by molar-refractivity contribution is 0.247. The zero-order chi connectivity index (χ0) is 13.0. The van der Waals surface area contributed by atoms with Crippen LogP contribution in [-0.2, 0) is 0 Å². The second-order valence-electron chi connectivity index (χ2n) is 4.67. The predicted molar refractivity (Wildman–Crippen MR) is 75.5 cm³/mol. The fraction of sp³-hybridized carbons (Fsp3) is 0.462. The average Bonchev–Trinajstić information content (AvgIpc) is 2.25. The highest BCUT2D eigenvalue weighted by Gasteiger charge is 2.29. The number of primary amides is 1. The second-order valence-corrected chi connectivity index (χ2v) is 5.58. The first-order valence-electron chi connectivity index (χ1n) is 6.17. The molecule has 1 aliphatic rings. The van der Waals surface area contributed by atoms with Crippen molar-refractivity contribution < 1.29 is 4.79 Å². The third-order valence-electron chi connectivity index (χ3n) is 3.32. The summed E-state index contributed by atoms with van der Waals surface area (Å²) in [5.41, 5.74) is 6.39. The van der Waals surface area contributed by atoms with Crippen molar-refractivity contribution >= 4 is 22.0 Å². The van der Waals surface area contributed by atoms with Crippen molar-refractivity contribution in [1.82, 2.24) is 10.6 Å². The molecule has 0 aliphatic heterocycles. The Kier molecular flexibility index (Phi) is 4.60. The molecule has 0 spiro atoms. The number of rotatable bonds is 5. The maximum Gasteiger partial charge on any atom is 0.312 e. The van der Waals surface area contributed by atoms with Crippen molar-refractivity contribution in [2.24, 2.45) is 5.73 Å². The Morgan fingerprint density at radius 2 is 2.17 bits per heavy atom. The van der Waals surface area contributed by atoms with Crippen LogP contribution in [0.2, 0.25) is 0 Å². The molecular formula is C13H18BrN3O. The molecule has 0 unspecified atom stereocenters. The summed E-state index contributed by atoms with van der Waals surface area (Å²) in [6, 6.07) is 8.60. The predicted octanol–water partition coefficient (Wildman–Crippen LogP) is 1.95. The molecule has 1 aliphatic carbocycles. The van der Waals surface area contributed by atoms with Gasteiger partial charge in [-0.1, -0.05) is 28.1 Å². The Labute approximate surface area is 115 Å². The Bertz CT molecular complexity index is 418. The number of benzene rings is 1. The van der Waals surface area contributed by atoms with E-state index in [9.17, 15) is 4.79 Å². The van der Waals surface area contributed by atoms with Gasteiger partial charge in [-0.25, -0.2) is 4.79 Å². The highest BCUT2D eigenvalue weighted by Crippen LogP contribution is 2.37. The zero-order valence-electron chi connectivity index (χ0n) is 10.2. The molecule has 1 aromatic carbocycles. The summed E-state index contributed by atoms with van der Waals surface area (Å²) in [7, 11) is 0. The van der Waals surface area contributed by atoms with Crippen molar-refractivity contribution in [2.45, 2.75) is 24.8 Å². The van der Waals surface area contributed by atoms with Crippen molar-refractivity contribution in [2.75, 3.05) is 13.1 Å². The molecule has 4 N–H and O–H groups in total. The lowest BCUT2D eigenvalue weighted by atomic mass is 9.76. The molecule has 0 heterocycles. The van der Waals surface area contributed by atoms with E-state index in [-0.39, 0.29) is 0 Å². The minimum absolute atomic E-state index is 0.461. The summed E-state index contributed by atoms with van der Waals surface area (Å²) < 4.78 is 1.14. The maximum atomic E-state index is 10.5. The number of hydrogen-bond acceptors (Lipinski definition) is 2. The van der Waals surface area contributed by atoms with E-state index in [1.165, 1.54) is 5.56 Å². The summed E-state index contributed by atoms with van der Waals surface area (Å²) in [6.45, 7) is 1.37. The molecule has 4 nitrogen and oxygen atoms in total. The number of carbonyl (C=O) groups excluding carboxylic acids is 1. The number of hydrogen-bond donors (Lipinski definition) is 3. The highest BCUT2D eigenvalue weighted by molar-refractivity contribution is 9.10. The Hall–Kier alpha value is -1.07. The van der Waals surface area contributed by atoms with Gasteiger partial charge in [-0.15, -0.1) is 0 Å². The van der Waals surface area contributed by atoms with Gasteiger partial charge in [0, 0.05) is 23.6 Å². The van der Waals surface area contributed by atoms with E-state index in [2.05, 4.69) is 44.8 Å². The number of halogens is 1. The number of carbonyl (C=O) groups is 1. The molecule has 0 bridgehead atoms. The van der Waals surface area contributed by atoms with Gasteiger partial charge in [0.15, 0.2) is 0 Å². The van der Waals surface area contributed by atoms with Crippen LogP contribution in [0.4, 0.5) is 4.79 Å². The number of nitrogens with two attached hydrogens (primary N) is 1. The SMILES string of the molecule is NC(=O)NCCNC1CC(c2cccc(Br)c2)C1. The van der Waals surface area contributed by atoms with Crippen molar-refractivity contribution in [3.05, 3.63) is 34.3 Å². The second kappa shape index (κ2) is 6.20. The normalized spacial score (nSPS) is 22.3. The average molecular weight is 312 g/mol. The number of nitrogens with one attached hydrogen (secondary N) is 2. The van der Waals surface area contributed by atoms with Gasteiger partial charge in [0.2, 0.25) is 0 Å². The standard InChI is InChI=1S/C13H18BrN3O/c14-11-3-1-2-9(6-11)10-7-12(8-10)16-4-5-17-13(15)18/h1-3,6,10,12,16H,4-5,7-8H2,(H3,15,17,18). The van der Waals surface area contributed by atoms with Crippen LogP contribution in [0.1, 0.15) is 24.3 Å². The zero-order valence-corrected chi connectivity index (χ0v) is 11.7. The van der Waals surface area contributed by atoms with Crippen LogP contribution in [0.3, 0.4) is 0 Å². The maximum absolute atomic E-state index is 10.5. The topological polar surface area (TPSA) is 67.2 Å². The van der Waals surface area contributed by atoms with Crippen molar-refractivity contribution in [3.8, 4) is 0 Å². The van der Waals surface area contributed by atoms with E-state index in [0.717, 1.165) is 23.9 Å². The lowest BCUT2D eigenvalue weighted by Crippen LogP contribution is -2.44. The quantitative estimate of drug-likeness (QED) is 0.728. The molecule has 0 aromatic heterocycles. The highest BCUT2D eigenvalue weighted by atomic mass is 79.9. The number of urea groups is 1. The van der Waals surface area contributed by atoms with E-state index in [4.69, 9.17) is 5.73 Å². The van der Waals surface area contributed by atoms with Gasteiger partial charge in [0.1, 0.15) is 0 Å². The molecule has 98 valence electrons. The first kappa shape index (κ1) is 13.4. The summed E-state index contributed by atoms with van der Waals surface area (Å²) in [4.78, 5) is 10.5. The van der Waals surface area contributed by atoms with E-state index in [0.29, 0.717) is 18.5 Å². The molecule has 1 saturated carbocycles. The van der Waals surface area contributed by atoms with Gasteiger partial charge < -0.3 is 16.4 Å². The summed E-state index contributed by atoms with van der Waals surface area (Å²) in [5, 5.41) is 5.98. The Morgan fingerprint density at radius 3 is 2.83 bits per heavy atom. The van der Waals surface area contributed by atoms with E-state index in [1.807, 2.05) is 6.07 Å². The molecule has 18 heavy (non-hydrogen) atoms. The summed E-state index contributed by atoms with van der Waals surface area (Å²) >= 11 is 3.50. The van der Waals surface area contributed by atoms with Gasteiger partial charge in [0.25, 0.3) is 0 Å². The first-order valence-corrected chi connectivity index (χ1v) is 6.96. The van der Waals surface area contributed by atoms with Crippen LogP contribution in [0.25, 0.3) is 0 Å².